The molecule has 0 aromatic heterocycles. The smallest absolute Gasteiger partial charge is 0.251 e. The molecule has 5 heteroatoms. The number of amides is 2. The highest BCUT2D eigenvalue weighted by Gasteiger charge is 2.12. The lowest BCUT2D eigenvalue weighted by atomic mass is 10.2. The van der Waals surface area contributed by atoms with Crippen molar-refractivity contribution in [1.82, 2.24) is 5.32 Å². The van der Waals surface area contributed by atoms with E-state index in [4.69, 9.17) is 0 Å². The number of carbonyl (C=O) groups excluding carboxylic acids is 2. The fourth-order valence-corrected chi connectivity index (χ4v) is 2.61. The summed E-state index contributed by atoms with van der Waals surface area (Å²) < 4.78 is 0.857. The maximum absolute atomic E-state index is 12.1. The Bertz CT molecular complexity index is 698. The number of nitrogens with one attached hydrogen (secondary N) is 1. The standard InChI is InChI=1S/C18H19BrN2O2/c1-13-6-8-17(9-7-13)21(14(2)22)11-10-20-18(23)15-4-3-5-16(19)12-15/h3-9,12H,10-11H2,1-2H3,(H,20,23). The van der Waals surface area contributed by atoms with Gasteiger partial charge in [-0.2, -0.15) is 0 Å². The fourth-order valence-electron chi connectivity index (χ4n) is 2.21. The highest BCUT2D eigenvalue weighted by Crippen LogP contribution is 2.15. The van der Waals surface area contributed by atoms with Gasteiger partial charge in [-0.25, -0.2) is 0 Å². The second-order valence-corrected chi connectivity index (χ2v) is 6.19. The molecule has 120 valence electrons. The Morgan fingerprint density at radius 1 is 1.13 bits per heavy atom. The number of nitrogens with zero attached hydrogens (tertiary/aromatic N) is 1. The van der Waals surface area contributed by atoms with Gasteiger partial charge in [-0.1, -0.05) is 39.7 Å². The third-order valence-corrected chi connectivity index (χ3v) is 3.93. The molecule has 2 rings (SSSR count). The summed E-state index contributed by atoms with van der Waals surface area (Å²) in [5.41, 5.74) is 2.56. The highest BCUT2D eigenvalue weighted by atomic mass is 79.9. The molecule has 2 aromatic rings. The molecule has 0 fully saturated rings. The Labute approximate surface area is 144 Å². The van der Waals surface area contributed by atoms with Crippen LogP contribution in [0.2, 0.25) is 0 Å². The molecule has 2 amide bonds. The van der Waals surface area contributed by atoms with Gasteiger partial charge in [-0.05, 0) is 37.3 Å². The summed E-state index contributed by atoms with van der Waals surface area (Å²) in [7, 11) is 0. The van der Waals surface area contributed by atoms with E-state index in [1.165, 1.54) is 6.92 Å². The van der Waals surface area contributed by atoms with Gasteiger partial charge < -0.3 is 10.2 Å². The van der Waals surface area contributed by atoms with Gasteiger partial charge in [0.2, 0.25) is 5.91 Å². The number of anilines is 1. The van der Waals surface area contributed by atoms with Crippen molar-refractivity contribution in [1.29, 1.82) is 0 Å². The predicted molar refractivity (Wildman–Crippen MR) is 95.7 cm³/mol. The molecule has 0 aliphatic carbocycles. The van der Waals surface area contributed by atoms with E-state index >= 15 is 0 Å². The molecule has 0 spiro atoms. The first-order chi connectivity index (χ1) is 11.0. The van der Waals surface area contributed by atoms with Crippen LogP contribution in [0.4, 0.5) is 5.69 Å². The fraction of sp³-hybridized carbons (Fsp3) is 0.222. The van der Waals surface area contributed by atoms with Gasteiger partial charge in [-0.3, -0.25) is 9.59 Å². The monoisotopic (exact) mass is 374 g/mol. The van der Waals surface area contributed by atoms with Gasteiger partial charge in [0, 0.05) is 35.7 Å². The van der Waals surface area contributed by atoms with Crippen LogP contribution in [0, 0.1) is 6.92 Å². The molecule has 23 heavy (non-hydrogen) atoms. The van der Waals surface area contributed by atoms with E-state index in [-0.39, 0.29) is 11.8 Å². The SMILES string of the molecule is CC(=O)N(CCNC(=O)c1cccc(Br)c1)c1ccc(C)cc1. The summed E-state index contributed by atoms with van der Waals surface area (Å²) in [6.45, 7) is 4.34. The lowest BCUT2D eigenvalue weighted by Gasteiger charge is -2.21. The Morgan fingerprint density at radius 2 is 1.83 bits per heavy atom. The molecule has 0 bridgehead atoms. The first-order valence-corrected chi connectivity index (χ1v) is 8.15. The average Bonchev–Trinajstić information content (AvgIpc) is 2.52. The molecular formula is C18H19BrN2O2. The van der Waals surface area contributed by atoms with Crippen molar-refractivity contribution in [2.45, 2.75) is 13.8 Å². The normalized spacial score (nSPS) is 10.2. The van der Waals surface area contributed by atoms with E-state index < -0.39 is 0 Å². The van der Waals surface area contributed by atoms with Crippen LogP contribution in [0.15, 0.2) is 53.0 Å². The van der Waals surface area contributed by atoms with Gasteiger partial charge in [0.05, 0.1) is 0 Å². The number of carbonyl (C=O) groups is 2. The second kappa shape index (κ2) is 7.92. The minimum Gasteiger partial charge on any atom is -0.350 e. The first-order valence-electron chi connectivity index (χ1n) is 7.36. The summed E-state index contributed by atoms with van der Waals surface area (Å²) in [6, 6.07) is 14.9. The average molecular weight is 375 g/mol. The number of benzene rings is 2. The first kappa shape index (κ1) is 17.2. The van der Waals surface area contributed by atoms with E-state index in [2.05, 4.69) is 21.2 Å². The van der Waals surface area contributed by atoms with Crippen LogP contribution in [-0.4, -0.2) is 24.9 Å². The van der Waals surface area contributed by atoms with E-state index in [1.807, 2.05) is 43.3 Å². The summed E-state index contributed by atoms with van der Waals surface area (Å²) in [6.07, 6.45) is 0. The molecule has 0 aliphatic heterocycles. The summed E-state index contributed by atoms with van der Waals surface area (Å²) in [5.74, 6) is -0.204. The lowest BCUT2D eigenvalue weighted by Crippen LogP contribution is -2.37. The van der Waals surface area contributed by atoms with Crippen LogP contribution < -0.4 is 10.2 Å². The van der Waals surface area contributed by atoms with Crippen LogP contribution in [0.5, 0.6) is 0 Å². The van der Waals surface area contributed by atoms with Crippen LogP contribution in [0.1, 0.15) is 22.8 Å². The molecule has 0 aliphatic rings. The molecule has 0 saturated heterocycles. The van der Waals surface area contributed by atoms with Crippen molar-refractivity contribution in [2.24, 2.45) is 0 Å². The minimum absolute atomic E-state index is 0.0504. The van der Waals surface area contributed by atoms with Crippen molar-refractivity contribution in [3.63, 3.8) is 0 Å². The third kappa shape index (κ3) is 4.93. The molecule has 0 unspecified atom stereocenters. The number of hydrogen-bond acceptors (Lipinski definition) is 2. The van der Waals surface area contributed by atoms with Gasteiger partial charge in [0.1, 0.15) is 0 Å². The molecule has 0 saturated carbocycles. The van der Waals surface area contributed by atoms with Gasteiger partial charge >= 0.3 is 0 Å². The largest absolute Gasteiger partial charge is 0.350 e. The Kier molecular flexibility index (Phi) is 5.93. The van der Waals surface area contributed by atoms with Crippen molar-refractivity contribution >= 4 is 33.4 Å². The maximum atomic E-state index is 12.1. The van der Waals surface area contributed by atoms with Gasteiger partial charge in [-0.15, -0.1) is 0 Å². The summed E-state index contributed by atoms with van der Waals surface area (Å²) in [4.78, 5) is 25.6. The molecule has 0 heterocycles. The highest BCUT2D eigenvalue weighted by molar-refractivity contribution is 9.10. The second-order valence-electron chi connectivity index (χ2n) is 5.27. The van der Waals surface area contributed by atoms with E-state index in [9.17, 15) is 9.59 Å². The van der Waals surface area contributed by atoms with Gasteiger partial charge in [0.15, 0.2) is 0 Å². The van der Waals surface area contributed by atoms with Crippen LogP contribution >= 0.6 is 15.9 Å². The number of rotatable bonds is 5. The van der Waals surface area contributed by atoms with Crippen LogP contribution in [0.3, 0.4) is 0 Å². The van der Waals surface area contributed by atoms with Crippen molar-refractivity contribution in [3.05, 3.63) is 64.1 Å². The third-order valence-electron chi connectivity index (χ3n) is 3.43. The maximum Gasteiger partial charge on any atom is 0.251 e. The molecule has 0 radical (unpaired) electrons. The summed E-state index contributed by atoms with van der Waals surface area (Å²) >= 11 is 3.34. The zero-order valence-corrected chi connectivity index (χ0v) is 14.8. The minimum atomic E-state index is -0.154. The number of aryl methyl sites for hydroxylation is 1. The molecule has 1 N–H and O–H groups in total. The van der Waals surface area contributed by atoms with E-state index in [1.54, 1.807) is 17.0 Å². The van der Waals surface area contributed by atoms with Crippen molar-refractivity contribution in [3.8, 4) is 0 Å². The molecule has 0 atom stereocenters. The topological polar surface area (TPSA) is 49.4 Å². The predicted octanol–water partition coefficient (Wildman–Crippen LogP) is 3.54. The molecule has 4 nitrogen and oxygen atoms in total. The van der Waals surface area contributed by atoms with Crippen LogP contribution in [-0.2, 0) is 4.79 Å². The molecule has 2 aromatic carbocycles. The Balaban J connectivity index is 1.96. The number of halogens is 1. The van der Waals surface area contributed by atoms with Crippen LogP contribution in [0.25, 0.3) is 0 Å². The quantitative estimate of drug-likeness (QED) is 0.869. The van der Waals surface area contributed by atoms with Crippen molar-refractivity contribution in [2.75, 3.05) is 18.0 Å². The molecular weight excluding hydrogens is 356 g/mol. The van der Waals surface area contributed by atoms with E-state index in [0.29, 0.717) is 18.7 Å². The zero-order chi connectivity index (χ0) is 16.8. The Hall–Kier alpha value is -2.14. The number of hydrogen-bond donors (Lipinski definition) is 1. The summed E-state index contributed by atoms with van der Waals surface area (Å²) in [5, 5.41) is 2.84. The zero-order valence-electron chi connectivity index (χ0n) is 13.2. The Morgan fingerprint density at radius 3 is 2.43 bits per heavy atom. The van der Waals surface area contributed by atoms with Crippen molar-refractivity contribution < 1.29 is 9.59 Å². The van der Waals surface area contributed by atoms with E-state index in [0.717, 1.165) is 15.7 Å². The van der Waals surface area contributed by atoms with Gasteiger partial charge in [0.25, 0.3) is 5.91 Å². The lowest BCUT2D eigenvalue weighted by molar-refractivity contribution is -0.116.